The van der Waals surface area contributed by atoms with Crippen molar-refractivity contribution in [1.29, 1.82) is 0 Å². The van der Waals surface area contributed by atoms with E-state index in [4.69, 9.17) is 0 Å². The summed E-state index contributed by atoms with van der Waals surface area (Å²) in [5.74, 6) is 9.72. The molecule has 3 aromatic carbocycles. The molecule has 0 N–H and O–H groups in total. The highest BCUT2D eigenvalue weighted by atomic mass is 32.1. The minimum absolute atomic E-state index is 0.0531. The smallest absolute Gasteiger partial charge is 0.153 e. The van der Waals surface area contributed by atoms with Crippen LogP contribution in [0.3, 0.4) is 0 Å². The van der Waals surface area contributed by atoms with E-state index < -0.39 is 23.1 Å². The van der Waals surface area contributed by atoms with E-state index in [1.165, 1.54) is 31.4 Å². The molecule has 0 aromatic heterocycles. The van der Waals surface area contributed by atoms with Crippen molar-refractivity contribution in [2.75, 3.05) is 0 Å². The maximum Gasteiger partial charge on any atom is 0.153 e. The first kappa shape index (κ1) is 25.0. The topological polar surface area (TPSA) is 12.4 Å². The predicted octanol–water partition coefficient (Wildman–Crippen LogP) is 8.23. The lowest BCUT2D eigenvalue weighted by molar-refractivity contribution is 0.588. The van der Waals surface area contributed by atoms with Gasteiger partial charge in [0.25, 0.3) is 0 Å². The molecular formula is C29H22F3NS. The first-order valence-corrected chi connectivity index (χ1v) is 11.4. The van der Waals surface area contributed by atoms with Gasteiger partial charge in [-0.1, -0.05) is 55.9 Å². The Hall–Kier alpha value is -3.63. The number of benzene rings is 3. The summed E-state index contributed by atoms with van der Waals surface area (Å²) in [6.45, 7) is 2.19. The van der Waals surface area contributed by atoms with Gasteiger partial charge in [-0.05, 0) is 72.7 Å². The molecule has 0 saturated carbocycles. The van der Waals surface area contributed by atoms with Gasteiger partial charge in [-0.3, -0.25) is 0 Å². The van der Waals surface area contributed by atoms with E-state index in [0.717, 1.165) is 36.1 Å². The van der Waals surface area contributed by atoms with E-state index in [1.54, 1.807) is 6.07 Å². The Bertz CT molecular complexity index is 1310. The molecule has 0 heterocycles. The highest BCUT2D eigenvalue weighted by Crippen LogP contribution is 2.30. The van der Waals surface area contributed by atoms with Crippen LogP contribution in [0.4, 0.5) is 18.9 Å². The lowest BCUT2D eigenvalue weighted by Gasteiger charge is -2.06. The number of thiocarbonyl (C=S) groups is 1. The van der Waals surface area contributed by atoms with Gasteiger partial charge in [0, 0.05) is 28.7 Å². The maximum absolute atomic E-state index is 14.7. The molecule has 170 valence electrons. The molecule has 0 spiro atoms. The highest BCUT2D eigenvalue weighted by Gasteiger charge is 2.14. The molecule has 0 fully saturated rings. The Morgan fingerprint density at radius 2 is 1.35 bits per heavy atom. The van der Waals surface area contributed by atoms with E-state index in [2.05, 4.69) is 47.8 Å². The monoisotopic (exact) mass is 473 g/mol. The van der Waals surface area contributed by atoms with Crippen molar-refractivity contribution in [3.05, 3.63) is 88.7 Å². The number of isothiocyanates is 1. The summed E-state index contributed by atoms with van der Waals surface area (Å²) < 4.78 is 42.8. The van der Waals surface area contributed by atoms with Crippen molar-refractivity contribution >= 4 is 23.1 Å². The zero-order valence-electron chi connectivity index (χ0n) is 18.7. The van der Waals surface area contributed by atoms with Crippen molar-refractivity contribution < 1.29 is 13.2 Å². The van der Waals surface area contributed by atoms with Gasteiger partial charge in [0.2, 0.25) is 0 Å². The SMILES string of the molecule is CCCCCCC#Cc1ccc(C#Cc2ccc(-c3cc(F)c(N=C=S)c(F)c3)c(F)c2)cc1. The molecule has 1 nitrogen and oxygen atoms in total. The summed E-state index contributed by atoms with van der Waals surface area (Å²) in [7, 11) is 0. The Labute approximate surface area is 203 Å². The number of hydrogen-bond acceptors (Lipinski definition) is 2. The zero-order valence-corrected chi connectivity index (χ0v) is 19.5. The molecule has 0 bridgehead atoms. The van der Waals surface area contributed by atoms with Crippen LogP contribution >= 0.6 is 12.2 Å². The Kier molecular flexibility index (Phi) is 9.24. The van der Waals surface area contributed by atoms with E-state index in [9.17, 15) is 13.2 Å². The van der Waals surface area contributed by atoms with Crippen LogP contribution < -0.4 is 0 Å². The molecule has 0 aliphatic carbocycles. The average Bonchev–Trinajstić information content (AvgIpc) is 2.83. The van der Waals surface area contributed by atoms with E-state index in [-0.39, 0.29) is 11.1 Å². The molecule has 0 saturated heterocycles. The molecule has 0 aliphatic heterocycles. The fourth-order valence-electron chi connectivity index (χ4n) is 3.29. The van der Waals surface area contributed by atoms with Crippen molar-refractivity contribution in [1.82, 2.24) is 0 Å². The first-order chi connectivity index (χ1) is 16.5. The van der Waals surface area contributed by atoms with Crippen LogP contribution in [0, 0.1) is 41.1 Å². The second kappa shape index (κ2) is 12.6. The summed E-state index contributed by atoms with van der Waals surface area (Å²) >= 11 is 4.39. The van der Waals surface area contributed by atoms with Gasteiger partial charge in [0.05, 0.1) is 5.16 Å². The molecule has 0 unspecified atom stereocenters. The molecule has 0 amide bonds. The summed E-state index contributed by atoms with van der Waals surface area (Å²) in [4.78, 5) is 3.36. The van der Waals surface area contributed by atoms with Gasteiger partial charge < -0.3 is 0 Å². The van der Waals surface area contributed by atoms with Crippen LogP contribution in [0.5, 0.6) is 0 Å². The molecular weight excluding hydrogens is 451 g/mol. The summed E-state index contributed by atoms with van der Waals surface area (Å²) in [6, 6.07) is 13.9. The number of aliphatic imine (C=N–C) groups is 1. The quantitative estimate of drug-likeness (QED) is 0.152. The summed E-state index contributed by atoms with van der Waals surface area (Å²) in [6.07, 6.45) is 5.69. The van der Waals surface area contributed by atoms with Gasteiger partial charge in [-0.25, -0.2) is 13.2 Å². The Morgan fingerprint density at radius 1 is 0.735 bits per heavy atom. The van der Waals surface area contributed by atoms with Crippen molar-refractivity contribution in [2.45, 2.75) is 39.0 Å². The second-order valence-electron chi connectivity index (χ2n) is 7.63. The second-order valence-corrected chi connectivity index (χ2v) is 7.81. The largest absolute Gasteiger partial charge is 0.206 e. The van der Waals surface area contributed by atoms with Gasteiger partial charge >= 0.3 is 0 Å². The molecule has 0 atom stereocenters. The Morgan fingerprint density at radius 3 is 1.97 bits per heavy atom. The summed E-state index contributed by atoms with van der Waals surface area (Å²) in [5, 5.41) is 1.92. The van der Waals surface area contributed by atoms with Gasteiger partial charge in [-0.15, -0.1) is 0 Å². The molecule has 3 aromatic rings. The standard InChI is InChI=1S/C29H22F3NS/c1-2-3-4-5-6-7-8-21-9-11-22(12-10-21)13-14-23-15-16-25(26(30)17-23)24-18-27(31)29(33-20-34)28(32)19-24/h9-12,15-19H,2-6H2,1H3. The predicted molar refractivity (Wildman–Crippen MR) is 134 cm³/mol. The maximum atomic E-state index is 14.7. The van der Waals surface area contributed by atoms with E-state index in [1.807, 2.05) is 29.4 Å². The highest BCUT2D eigenvalue weighted by molar-refractivity contribution is 7.78. The first-order valence-electron chi connectivity index (χ1n) is 11.0. The summed E-state index contributed by atoms with van der Waals surface area (Å²) in [5.41, 5.74) is 1.71. The minimum Gasteiger partial charge on any atom is -0.206 e. The lowest BCUT2D eigenvalue weighted by atomic mass is 10.0. The third kappa shape index (κ3) is 6.93. The van der Waals surface area contributed by atoms with E-state index >= 15 is 0 Å². The van der Waals surface area contributed by atoms with Crippen LogP contribution in [-0.4, -0.2) is 5.16 Å². The third-order valence-corrected chi connectivity index (χ3v) is 5.17. The molecule has 0 radical (unpaired) electrons. The van der Waals surface area contributed by atoms with Gasteiger partial charge in [0.1, 0.15) is 11.5 Å². The fourth-order valence-corrected chi connectivity index (χ4v) is 3.38. The number of halogens is 3. The zero-order chi connectivity index (χ0) is 24.3. The van der Waals surface area contributed by atoms with Crippen LogP contribution in [0.25, 0.3) is 11.1 Å². The Balaban J connectivity index is 1.71. The van der Waals surface area contributed by atoms with Crippen molar-refractivity contribution in [3.8, 4) is 34.8 Å². The van der Waals surface area contributed by atoms with Crippen LogP contribution in [0.2, 0.25) is 0 Å². The molecule has 3 rings (SSSR count). The van der Waals surface area contributed by atoms with Crippen LogP contribution in [-0.2, 0) is 0 Å². The minimum atomic E-state index is -0.944. The number of hydrogen-bond donors (Lipinski definition) is 0. The van der Waals surface area contributed by atoms with Crippen molar-refractivity contribution in [2.24, 2.45) is 4.99 Å². The normalized spacial score (nSPS) is 9.88. The van der Waals surface area contributed by atoms with E-state index in [0.29, 0.717) is 5.56 Å². The molecule has 5 heteroatoms. The lowest BCUT2D eigenvalue weighted by Crippen LogP contribution is -1.90. The molecule has 0 aliphatic rings. The van der Waals surface area contributed by atoms with Crippen molar-refractivity contribution in [3.63, 3.8) is 0 Å². The van der Waals surface area contributed by atoms with Gasteiger partial charge in [-0.2, -0.15) is 4.99 Å². The van der Waals surface area contributed by atoms with Crippen LogP contribution in [0.15, 0.2) is 59.6 Å². The van der Waals surface area contributed by atoms with Crippen LogP contribution in [0.1, 0.15) is 55.7 Å². The number of unbranched alkanes of at least 4 members (excludes halogenated alkanes) is 4. The number of nitrogens with zero attached hydrogens (tertiary/aromatic N) is 1. The number of rotatable bonds is 6. The average molecular weight is 474 g/mol. The fraction of sp³-hybridized carbons (Fsp3) is 0.207. The van der Waals surface area contributed by atoms with Gasteiger partial charge in [0.15, 0.2) is 11.6 Å². The third-order valence-electron chi connectivity index (χ3n) is 5.08. The molecule has 34 heavy (non-hydrogen) atoms.